The van der Waals surface area contributed by atoms with Gasteiger partial charge < -0.3 is 19.9 Å². The van der Waals surface area contributed by atoms with Crippen LogP contribution in [0.1, 0.15) is 12.5 Å². The Hall–Kier alpha value is -1.26. The van der Waals surface area contributed by atoms with Gasteiger partial charge in [-0.15, -0.1) is 0 Å². The largest absolute Gasteiger partial charge is 0.497 e. The molecule has 1 rings (SSSR count). The second kappa shape index (κ2) is 5.18. The normalized spacial score (nSPS) is 14.3. The highest BCUT2D eigenvalue weighted by molar-refractivity contribution is 5.43. The molecule has 16 heavy (non-hydrogen) atoms. The molecule has 1 aromatic carbocycles. The third-order valence-electron chi connectivity index (χ3n) is 2.51. The van der Waals surface area contributed by atoms with Crippen LogP contribution in [0.15, 0.2) is 18.2 Å². The summed E-state index contributed by atoms with van der Waals surface area (Å²) < 4.78 is 10.4. The third kappa shape index (κ3) is 2.65. The zero-order valence-corrected chi connectivity index (χ0v) is 10.2. The number of likely N-dealkylation sites (N-methyl/N-ethyl adjacent to an activating group) is 1. The summed E-state index contributed by atoms with van der Waals surface area (Å²) in [4.78, 5) is 0. The summed E-state index contributed by atoms with van der Waals surface area (Å²) in [7, 11) is 4.97. The molecule has 0 aliphatic heterocycles. The van der Waals surface area contributed by atoms with E-state index in [-0.39, 0.29) is 0 Å². The first-order chi connectivity index (χ1) is 7.55. The lowest BCUT2D eigenvalue weighted by atomic mass is 9.94. The minimum Gasteiger partial charge on any atom is -0.497 e. The van der Waals surface area contributed by atoms with Crippen molar-refractivity contribution in [1.82, 2.24) is 5.32 Å². The van der Waals surface area contributed by atoms with E-state index >= 15 is 0 Å². The first kappa shape index (κ1) is 12.8. The lowest BCUT2D eigenvalue weighted by Gasteiger charge is -2.25. The molecule has 1 atom stereocenters. The zero-order valence-electron chi connectivity index (χ0n) is 10.2. The van der Waals surface area contributed by atoms with Crippen LogP contribution in [0.25, 0.3) is 0 Å². The molecular formula is C12H19NO3. The molecule has 0 saturated carbocycles. The van der Waals surface area contributed by atoms with E-state index in [9.17, 15) is 5.11 Å². The topological polar surface area (TPSA) is 50.7 Å². The van der Waals surface area contributed by atoms with Gasteiger partial charge in [0.25, 0.3) is 0 Å². The standard InChI is InChI=1S/C12H19NO3/c1-12(14,8-13-2)10-7-9(15-3)5-6-11(10)16-4/h5-7,13-14H,8H2,1-4H3. The zero-order chi connectivity index (χ0) is 12.2. The van der Waals surface area contributed by atoms with Crippen LogP contribution in [-0.2, 0) is 5.60 Å². The molecule has 4 nitrogen and oxygen atoms in total. The first-order valence-corrected chi connectivity index (χ1v) is 5.14. The summed E-state index contributed by atoms with van der Waals surface area (Å²) in [5, 5.41) is 13.3. The second-order valence-corrected chi connectivity index (χ2v) is 3.87. The van der Waals surface area contributed by atoms with Crippen LogP contribution < -0.4 is 14.8 Å². The lowest BCUT2D eigenvalue weighted by molar-refractivity contribution is 0.0563. The van der Waals surface area contributed by atoms with Gasteiger partial charge in [0.2, 0.25) is 0 Å². The highest BCUT2D eigenvalue weighted by Crippen LogP contribution is 2.32. The van der Waals surface area contributed by atoms with Crippen LogP contribution in [0, 0.1) is 0 Å². The Labute approximate surface area is 96.2 Å². The summed E-state index contributed by atoms with van der Waals surface area (Å²) in [6.07, 6.45) is 0. The molecule has 2 N–H and O–H groups in total. The number of rotatable bonds is 5. The van der Waals surface area contributed by atoms with Crippen molar-refractivity contribution in [1.29, 1.82) is 0 Å². The fourth-order valence-electron chi connectivity index (χ4n) is 1.67. The minimum atomic E-state index is -0.991. The molecule has 0 aliphatic rings. The van der Waals surface area contributed by atoms with Crippen LogP contribution in [0.4, 0.5) is 0 Å². The van der Waals surface area contributed by atoms with Gasteiger partial charge in [-0.05, 0) is 32.2 Å². The average molecular weight is 225 g/mol. The molecule has 0 aliphatic carbocycles. The van der Waals surface area contributed by atoms with E-state index in [1.165, 1.54) is 0 Å². The van der Waals surface area contributed by atoms with E-state index in [0.29, 0.717) is 23.6 Å². The third-order valence-corrected chi connectivity index (χ3v) is 2.51. The van der Waals surface area contributed by atoms with Crippen LogP contribution in [-0.4, -0.2) is 32.9 Å². The maximum atomic E-state index is 10.3. The van der Waals surface area contributed by atoms with Gasteiger partial charge in [0.15, 0.2) is 0 Å². The number of hydrogen-bond donors (Lipinski definition) is 2. The summed E-state index contributed by atoms with van der Waals surface area (Å²) in [5.41, 5.74) is -0.280. The van der Waals surface area contributed by atoms with Crippen LogP contribution in [0.3, 0.4) is 0 Å². The number of nitrogens with one attached hydrogen (secondary N) is 1. The SMILES string of the molecule is CNCC(C)(O)c1cc(OC)ccc1OC. The van der Waals surface area contributed by atoms with Crippen molar-refractivity contribution in [2.24, 2.45) is 0 Å². The maximum Gasteiger partial charge on any atom is 0.125 e. The van der Waals surface area contributed by atoms with E-state index in [0.717, 1.165) is 0 Å². The summed E-state index contributed by atoms with van der Waals surface area (Å²) >= 11 is 0. The highest BCUT2D eigenvalue weighted by atomic mass is 16.5. The Bertz CT molecular complexity index is 350. The Balaban J connectivity index is 3.17. The Kier molecular flexibility index (Phi) is 4.15. The maximum absolute atomic E-state index is 10.3. The van der Waals surface area contributed by atoms with E-state index < -0.39 is 5.60 Å². The van der Waals surface area contributed by atoms with Crippen LogP contribution in [0.5, 0.6) is 11.5 Å². The molecule has 0 radical (unpaired) electrons. The smallest absolute Gasteiger partial charge is 0.125 e. The van der Waals surface area contributed by atoms with E-state index in [4.69, 9.17) is 9.47 Å². The predicted octanol–water partition coefficient (Wildman–Crippen LogP) is 1.13. The van der Waals surface area contributed by atoms with Crippen molar-refractivity contribution >= 4 is 0 Å². The van der Waals surface area contributed by atoms with Gasteiger partial charge in [-0.3, -0.25) is 0 Å². The Morgan fingerprint density at radius 3 is 2.50 bits per heavy atom. The monoisotopic (exact) mass is 225 g/mol. The van der Waals surface area contributed by atoms with Crippen molar-refractivity contribution in [2.45, 2.75) is 12.5 Å². The quantitative estimate of drug-likeness (QED) is 0.788. The van der Waals surface area contributed by atoms with E-state index in [1.807, 2.05) is 0 Å². The van der Waals surface area contributed by atoms with Crippen molar-refractivity contribution in [2.75, 3.05) is 27.8 Å². The highest BCUT2D eigenvalue weighted by Gasteiger charge is 2.26. The van der Waals surface area contributed by atoms with Gasteiger partial charge in [-0.25, -0.2) is 0 Å². The van der Waals surface area contributed by atoms with Crippen LogP contribution >= 0.6 is 0 Å². The first-order valence-electron chi connectivity index (χ1n) is 5.14. The fraction of sp³-hybridized carbons (Fsp3) is 0.500. The molecule has 0 fully saturated rings. The van der Waals surface area contributed by atoms with Gasteiger partial charge in [0.1, 0.15) is 17.1 Å². The molecule has 4 heteroatoms. The number of hydrogen-bond acceptors (Lipinski definition) is 4. The van der Waals surface area contributed by atoms with Crippen molar-refractivity contribution in [3.05, 3.63) is 23.8 Å². The summed E-state index contributed by atoms with van der Waals surface area (Å²) in [5.74, 6) is 1.35. The van der Waals surface area contributed by atoms with Gasteiger partial charge >= 0.3 is 0 Å². The fourth-order valence-corrected chi connectivity index (χ4v) is 1.67. The number of methoxy groups -OCH3 is 2. The molecule has 0 saturated heterocycles. The molecule has 0 bridgehead atoms. The molecule has 0 spiro atoms. The molecule has 90 valence electrons. The molecule has 0 amide bonds. The summed E-state index contributed by atoms with van der Waals surface area (Å²) in [6.45, 7) is 2.18. The number of ether oxygens (including phenoxy) is 2. The van der Waals surface area contributed by atoms with E-state index in [2.05, 4.69) is 5.32 Å². The average Bonchev–Trinajstić information content (AvgIpc) is 2.28. The van der Waals surface area contributed by atoms with Gasteiger partial charge in [0, 0.05) is 12.1 Å². The minimum absolute atomic E-state index is 0.441. The Morgan fingerprint density at radius 1 is 1.31 bits per heavy atom. The van der Waals surface area contributed by atoms with Crippen molar-refractivity contribution < 1.29 is 14.6 Å². The molecule has 1 unspecified atom stereocenters. The van der Waals surface area contributed by atoms with Gasteiger partial charge in [-0.1, -0.05) is 0 Å². The lowest BCUT2D eigenvalue weighted by Crippen LogP contribution is -2.33. The number of benzene rings is 1. The molecule has 0 heterocycles. The molecule has 1 aromatic rings. The van der Waals surface area contributed by atoms with Gasteiger partial charge in [-0.2, -0.15) is 0 Å². The van der Waals surface area contributed by atoms with Gasteiger partial charge in [0.05, 0.1) is 14.2 Å². The number of aliphatic hydroxyl groups is 1. The predicted molar refractivity (Wildman–Crippen MR) is 63.0 cm³/mol. The second-order valence-electron chi connectivity index (χ2n) is 3.87. The van der Waals surface area contributed by atoms with Crippen LogP contribution in [0.2, 0.25) is 0 Å². The molecule has 0 aromatic heterocycles. The molecular weight excluding hydrogens is 206 g/mol. The van der Waals surface area contributed by atoms with Crippen molar-refractivity contribution in [3.8, 4) is 11.5 Å². The Morgan fingerprint density at radius 2 is 2.00 bits per heavy atom. The summed E-state index contributed by atoms with van der Waals surface area (Å²) in [6, 6.07) is 5.38. The van der Waals surface area contributed by atoms with Crippen molar-refractivity contribution in [3.63, 3.8) is 0 Å². The van der Waals surface area contributed by atoms with E-state index in [1.54, 1.807) is 46.4 Å².